The minimum absolute atomic E-state index is 0.0726. The Kier molecular flexibility index (Phi) is 7.05. The van der Waals surface area contributed by atoms with Crippen LogP contribution in [0.4, 0.5) is 36.4 Å². The summed E-state index contributed by atoms with van der Waals surface area (Å²) >= 11 is 18.0. The Morgan fingerprint density at radius 3 is 2.24 bits per heavy atom. The third-order valence-corrected chi connectivity index (χ3v) is 6.14. The predicted octanol–water partition coefficient (Wildman–Crippen LogP) is 6.32. The standard InChI is InChI=1S/C20H12Cl3F7N2O2/c21-13-2-1-11(6-12(13)16(33)31-7-18(25,26)27)32-17(34)15-14(19(15,22)23)8-3-9(20(28,29)30)5-10(24)4-8/h1-6,14-15H,7H2,(H,31,33)(H,32,34)/t14-,15+/m1/s1. The van der Waals surface area contributed by atoms with Crippen LogP contribution < -0.4 is 10.6 Å². The van der Waals surface area contributed by atoms with Crippen LogP contribution in [0.3, 0.4) is 0 Å². The van der Waals surface area contributed by atoms with Crippen molar-refractivity contribution in [3.8, 4) is 0 Å². The normalized spacial score (nSPS) is 19.5. The number of amides is 2. The molecule has 1 fully saturated rings. The van der Waals surface area contributed by atoms with E-state index in [1.54, 1.807) is 5.32 Å². The topological polar surface area (TPSA) is 58.2 Å². The van der Waals surface area contributed by atoms with Gasteiger partial charge in [0.2, 0.25) is 5.91 Å². The Bertz CT molecular complexity index is 1140. The summed E-state index contributed by atoms with van der Waals surface area (Å²) in [5, 5.41) is 3.75. The summed E-state index contributed by atoms with van der Waals surface area (Å²) in [5.41, 5.74) is -1.98. The highest BCUT2D eigenvalue weighted by Gasteiger charge is 2.67. The Hall–Kier alpha value is -2.24. The van der Waals surface area contributed by atoms with Crippen molar-refractivity contribution < 1.29 is 40.3 Å². The molecule has 0 bridgehead atoms. The average molecular weight is 552 g/mol. The van der Waals surface area contributed by atoms with Crippen molar-refractivity contribution >= 4 is 52.3 Å². The minimum atomic E-state index is -4.85. The quantitative estimate of drug-likeness (QED) is 0.338. The number of hydrogen-bond donors (Lipinski definition) is 2. The first-order valence-electron chi connectivity index (χ1n) is 9.21. The van der Waals surface area contributed by atoms with Crippen molar-refractivity contribution in [1.29, 1.82) is 0 Å². The number of halogens is 10. The molecule has 2 aromatic rings. The molecule has 0 spiro atoms. The van der Waals surface area contributed by atoms with E-state index < -0.39 is 58.3 Å². The van der Waals surface area contributed by atoms with Crippen molar-refractivity contribution in [3.05, 3.63) is 63.9 Å². The summed E-state index contributed by atoms with van der Waals surface area (Å²) in [7, 11) is 0. The molecule has 2 aromatic carbocycles. The Balaban J connectivity index is 1.79. The van der Waals surface area contributed by atoms with Crippen LogP contribution in [0, 0.1) is 11.7 Å². The van der Waals surface area contributed by atoms with E-state index >= 15 is 0 Å². The van der Waals surface area contributed by atoms with Gasteiger partial charge >= 0.3 is 12.4 Å². The van der Waals surface area contributed by atoms with E-state index in [0.29, 0.717) is 6.07 Å². The molecule has 14 heteroatoms. The summed E-state index contributed by atoms with van der Waals surface area (Å²) in [6.07, 6.45) is -9.51. The molecule has 3 rings (SSSR count). The summed E-state index contributed by atoms with van der Waals surface area (Å²) in [4.78, 5) is 24.7. The molecule has 1 aliphatic carbocycles. The van der Waals surface area contributed by atoms with Crippen LogP contribution in [-0.4, -0.2) is 28.9 Å². The SMILES string of the molecule is O=C(NCC(F)(F)F)c1cc(NC(=O)[C@@H]2[C@@H](c3cc(F)cc(C(F)(F)F)c3)C2(Cl)Cl)ccc1Cl. The third kappa shape index (κ3) is 5.87. The van der Waals surface area contributed by atoms with E-state index in [1.807, 2.05) is 0 Å². The van der Waals surface area contributed by atoms with Crippen LogP contribution in [0.2, 0.25) is 5.02 Å². The van der Waals surface area contributed by atoms with Gasteiger partial charge in [-0.15, -0.1) is 23.2 Å². The number of rotatable bonds is 5. The van der Waals surface area contributed by atoms with Gasteiger partial charge in [0.05, 0.1) is 22.1 Å². The summed E-state index contributed by atoms with van der Waals surface area (Å²) < 4.78 is 87.9. The van der Waals surface area contributed by atoms with E-state index in [-0.39, 0.29) is 27.9 Å². The van der Waals surface area contributed by atoms with Crippen LogP contribution in [-0.2, 0) is 11.0 Å². The molecule has 0 saturated heterocycles. The van der Waals surface area contributed by atoms with Crippen LogP contribution in [0.15, 0.2) is 36.4 Å². The Morgan fingerprint density at radius 1 is 1.00 bits per heavy atom. The van der Waals surface area contributed by atoms with E-state index in [1.165, 1.54) is 6.07 Å². The maximum atomic E-state index is 13.8. The van der Waals surface area contributed by atoms with Crippen molar-refractivity contribution in [2.24, 2.45) is 5.92 Å². The second-order valence-electron chi connectivity index (χ2n) is 7.38. The zero-order valence-corrected chi connectivity index (χ0v) is 18.7. The van der Waals surface area contributed by atoms with Gasteiger partial charge in [-0.3, -0.25) is 9.59 Å². The molecule has 2 N–H and O–H groups in total. The monoisotopic (exact) mass is 550 g/mol. The second kappa shape index (κ2) is 9.09. The van der Waals surface area contributed by atoms with Gasteiger partial charge < -0.3 is 10.6 Å². The van der Waals surface area contributed by atoms with E-state index in [4.69, 9.17) is 34.8 Å². The van der Waals surface area contributed by atoms with Crippen LogP contribution in [0.5, 0.6) is 0 Å². The fourth-order valence-electron chi connectivity index (χ4n) is 3.30. The molecule has 4 nitrogen and oxygen atoms in total. The first-order valence-corrected chi connectivity index (χ1v) is 10.3. The predicted molar refractivity (Wildman–Crippen MR) is 111 cm³/mol. The van der Waals surface area contributed by atoms with Gasteiger partial charge in [0.15, 0.2) is 0 Å². The van der Waals surface area contributed by atoms with Crippen molar-refractivity contribution in [2.45, 2.75) is 22.6 Å². The highest BCUT2D eigenvalue weighted by molar-refractivity contribution is 6.53. The lowest BCUT2D eigenvalue weighted by Gasteiger charge is -2.11. The Morgan fingerprint density at radius 2 is 1.65 bits per heavy atom. The summed E-state index contributed by atoms with van der Waals surface area (Å²) in [6, 6.07) is 5.05. The molecular formula is C20H12Cl3F7N2O2. The molecule has 0 radical (unpaired) electrons. The van der Waals surface area contributed by atoms with Crippen LogP contribution >= 0.6 is 34.8 Å². The number of hydrogen-bond acceptors (Lipinski definition) is 2. The highest BCUT2D eigenvalue weighted by atomic mass is 35.5. The summed E-state index contributed by atoms with van der Waals surface area (Å²) in [5.74, 6) is -5.72. The fourth-order valence-corrected chi connectivity index (χ4v) is 4.33. The number of carbonyl (C=O) groups is 2. The number of anilines is 1. The van der Waals surface area contributed by atoms with Crippen molar-refractivity contribution in [2.75, 3.05) is 11.9 Å². The van der Waals surface area contributed by atoms with E-state index in [9.17, 15) is 40.3 Å². The zero-order valence-electron chi connectivity index (χ0n) is 16.4. The molecule has 0 heterocycles. The molecule has 0 aromatic heterocycles. The second-order valence-corrected chi connectivity index (χ2v) is 9.23. The minimum Gasteiger partial charge on any atom is -0.343 e. The first kappa shape index (κ1) is 26.4. The summed E-state index contributed by atoms with van der Waals surface area (Å²) in [6.45, 7) is -1.61. The molecule has 0 unspecified atom stereocenters. The maximum absolute atomic E-state index is 13.8. The molecule has 2 atom stereocenters. The van der Waals surface area contributed by atoms with Crippen molar-refractivity contribution in [3.63, 3.8) is 0 Å². The van der Waals surface area contributed by atoms with Gasteiger partial charge in [-0.05, 0) is 42.0 Å². The first-order chi connectivity index (χ1) is 15.5. The molecule has 34 heavy (non-hydrogen) atoms. The zero-order chi connectivity index (χ0) is 25.6. The third-order valence-electron chi connectivity index (χ3n) is 4.87. The number of benzene rings is 2. The van der Waals surface area contributed by atoms with E-state index in [0.717, 1.165) is 18.2 Å². The molecule has 1 saturated carbocycles. The smallest absolute Gasteiger partial charge is 0.343 e. The van der Waals surface area contributed by atoms with E-state index in [2.05, 4.69) is 5.32 Å². The molecule has 1 aliphatic rings. The lowest BCUT2D eigenvalue weighted by Crippen LogP contribution is -2.33. The van der Waals surface area contributed by atoms with Crippen LogP contribution in [0.1, 0.15) is 27.4 Å². The lowest BCUT2D eigenvalue weighted by atomic mass is 10.0. The van der Waals surface area contributed by atoms with Crippen LogP contribution in [0.25, 0.3) is 0 Å². The van der Waals surface area contributed by atoms with Gasteiger partial charge in [0, 0.05) is 11.6 Å². The lowest BCUT2D eigenvalue weighted by molar-refractivity contribution is -0.137. The highest BCUT2D eigenvalue weighted by Crippen LogP contribution is 2.65. The number of alkyl halides is 8. The molecule has 0 aliphatic heterocycles. The molecular weight excluding hydrogens is 540 g/mol. The van der Waals surface area contributed by atoms with Gasteiger partial charge in [0.1, 0.15) is 16.7 Å². The largest absolute Gasteiger partial charge is 0.416 e. The van der Waals surface area contributed by atoms with Gasteiger partial charge in [-0.2, -0.15) is 26.3 Å². The number of carbonyl (C=O) groups excluding carboxylic acids is 2. The average Bonchev–Trinajstić information content (AvgIpc) is 3.28. The van der Waals surface area contributed by atoms with Gasteiger partial charge in [-0.1, -0.05) is 11.6 Å². The fraction of sp³-hybridized carbons (Fsp3) is 0.300. The van der Waals surface area contributed by atoms with Gasteiger partial charge in [-0.25, -0.2) is 4.39 Å². The van der Waals surface area contributed by atoms with Crippen molar-refractivity contribution in [1.82, 2.24) is 5.32 Å². The van der Waals surface area contributed by atoms with Gasteiger partial charge in [0.25, 0.3) is 5.91 Å². The molecule has 184 valence electrons. The molecule has 2 amide bonds. The number of nitrogens with one attached hydrogen (secondary N) is 2. The Labute approximate surface area is 202 Å². The maximum Gasteiger partial charge on any atom is 0.416 e.